The summed E-state index contributed by atoms with van der Waals surface area (Å²) in [6.45, 7) is 0. The van der Waals surface area contributed by atoms with Gasteiger partial charge in [0.2, 0.25) is 0 Å². The minimum absolute atomic E-state index is 0.0342. The average Bonchev–Trinajstić information content (AvgIpc) is 2.84. The summed E-state index contributed by atoms with van der Waals surface area (Å²) in [4.78, 5) is 25.3. The maximum atomic E-state index is 13.4. The third kappa shape index (κ3) is 5.02. The summed E-state index contributed by atoms with van der Waals surface area (Å²) in [5, 5.41) is 14.6. The van der Waals surface area contributed by atoms with E-state index in [9.17, 15) is 19.1 Å². The van der Waals surface area contributed by atoms with Gasteiger partial charge in [0.1, 0.15) is 17.6 Å². The monoisotopic (exact) mass is 477 g/mol. The first-order valence-electron chi connectivity index (χ1n) is 10.5. The number of esters is 1. The third-order valence-electron chi connectivity index (χ3n) is 5.55. The van der Waals surface area contributed by atoms with E-state index in [2.05, 4.69) is 5.32 Å². The number of amides is 1. The van der Waals surface area contributed by atoms with Crippen molar-refractivity contribution in [2.24, 2.45) is 0 Å². The van der Waals surface area contributed by atoms with E-state index in [4.69, 9.17) is 16.3 Å². The van der Waals surface area contributed by atoms with Gasteiger partial charge >= 0.3 is 5.97 Å². The van der Waals surface area contributed by atoms with Crippen molar-refractivity contribution < 1.29 is 23.8 Å². The lowest BCUT2D eigenvalue weighted by molar-refractivity contribution is -0.142. The Kier molecular flexibility index (Phi) is 6.80. The number of nitrogens with one attached hydrogen (secondary N) is 1. The Hall–Kier alpha value is -3.90. The Labute approximate surface area is 200 Å². The zero-order valence-corrected chi connectivity index (χ0v) is 19.0. The summed E-state index contributed by atoms with van der Waals surface area (Å²) >= 11 is 5.87. The lowest BCUT2D eigenvalue weighted by Crippen LogP contribution is -2.43. The maximum absolute atomic E-state index is 13.4. The molecular formula is C27H21ClFNO4. The fourth-order valence-corrected chi connectivity index (χ4v) is 3.91. The van der Waals surface area contributed by atoms with Gasteiger partial charge in [-0.1, -0.05) is 66.2 Å². The Morgan fingerprint density at radius 3 is 2.26 bits per heavy atom. The van der Waals surface area contributed by atoms with Crippen LogP contribution in [0.25, 0.3) is 21.9 Å². The lowest BCUT2D eigenvalue weighted by Gasteiger charge is -2.17. The van der Waals surface area contributed by atoms with Gasteiger partial charge in [0.25, 0.3) is 5.91 Å². The summed E-state index contributed by atoms with van der Waals surface area (Å²) < 4.78 is 18.3. The number of halogens is 2. The highest BCUT2D eigenvalue weighted by Crippen LogP contribution is 2.27. The molecule has 4 aromatic carbocycles. The fraction of sp³-hybridized carbons (Fsp3) is 0.111. The minimum Gasteiger partial charge on any atom is -0.507 e. The van der Waals surface area contributed by atoms with Gasteiger partial charge in [0.05, 0.1) is 17.7 Å². The molecule has 1 amide bonds. The molecule has 0 aromatic heterocycles. The molecule has 0 spiro atoms. The zero-order chi connectivity index (χ0) is 24.2. The fourth-order valence-electron chi connectivity index (χ4n) is 3.73. The van der Waals surface area contributed by atoms with Crippen molar-refractivity contribution >= 4 is 34.2 Å². The maximum Gasteiger partial charge on any atom is 0.328 e. The van der Waals surface area contributed by atoms with Crippen molar-refractivity contribution in [3.05, 3.63) is 101 Å². The highest BCUT2D eigenvalue weighted by atomic mass is 35.5. The Morgan fingerprint density at radius 2 is 1.62 bits per heavy atom. The summed E-state index contributed by atoms with van der Waals surface area (Å²) in [6, 6.07) is 21.2. The van der Waals surface area contributed by atoms with E-state index in [1.54, 1.807) is 18.2 Å². The van der Waals surface area contributed by atoms with Crippen molar-refractivity contribution in [1.29, 1.82) is 0 Å². The molecule has 4 aromatic rings. The van der Waals surface area contributed by atoms with Crippen LogP contribution < -0.4 is 5.32 Å². The second kappa shape index (κ2) is 9.93. The number of phenols is 1. The summed E-state index contributed by atoms with van der Waals surface area (Å²) in [5.74, 6) is -1.86. The Bertz CT molecular complexity index is 1370. The standard InChI is InChI=1S/C27H21ClFNO4/c1-34-27(33)24(30-26(32)21-13-18-4-2-3-5-19(18)15-25(21)31)12-16-6-8-17(9-7-16)20-10-11-23(29)22(28)14-20/h2-11,13-15,24,31H,12H2,1H3,(H,30,32)/t24-/m0/s1. The Morgan fingerprint density at radius 1 is 0.971 bits per heavy atom. The molecule has 0 fully saturated rings. The topological polar surface area (TPSA) is 75.6 Å². The smallest absolute Gasteiger partial charge is 0.328 e. The van der Waals surface area contributed by atoms with Gasteiger partial charge in [-0.05, 0) is 51.7 Å². The summed E-state index contributed by atoms with van der Waals surface area (Å²) in [6.07, 6.45) is 0.178. The van der Waals surface area contributed by atoms with Gasteiger partial charge in [0.15, 0.2) is 0 Å². The van der Waals surface area contributed by atoms with Gasteiger partial charge in [0, 0.05) is 6.42 Å². The van der Waals surface area contributed by atoms with Gasteiger partial charge < -0.3 is 15.2 Å². The van der Waals surface area contributed by atoms with Crippen molar-refractivity contribution in [2.45, 2.75) is 12.5 Å². The van der Waals surface area contributed by atoms with E-state index in [0.29, 0.717) is 0 Å². The van der Waals surface area contributed by atoms with E-state index in [0.717, 1.165) is 27.5 Å². The first-order valence-corrected chi connectivity index (χ1v) is 10.9. The van der Waals surface area contributed by atoms with Crippen molar-refractivity contribution in [2.75, 3.05) is 7.11 Å². The molecule has 172 valence electrons. The number of hydrogen-bond acceptors (Lipinski definition) is 4. The number of ether oxygens (including phenoxy) is 1. The summed E-state index contributed by atoms with van der Waals surface area (Å²) in [7, 11) is 1.25. The molecule has 0 bridgehead atoms. The number of methoxy groups -OCH3 is 1. The molecule has 0 aliphatic carbocycles. The molecular weight excluding hydrogens is 457 g/mol. The van der Waals surface area contributed by atoms with Crippen LogP contribution in [0, 0.1) is 5.82 Å². The molecule has 0 heterocycles. The van der Waals surface area contributed by atoms with E-state index in [-0.39, 0.29) is 22.8 Å². The van der Waals surface area contributed by atoms with E-state index in [1.165, 1.54) is 19.2 Å². The molecule has 0 saturated carbocycles. The highest BCUT2D eigenvalue weighted by Gasteiger charge is 2.24. The van der Waals surface area contributed by atoms with Crippen LogP contribution in [-0.4, -0.2) is 30.1 Å². The normalized spacial score (nSPS) is 11.7. The molecule has 4 rings (SSSR count). The number of carbonyl (C=O) groups is 2. The molecule has 0 aliphatic rings. The second-order valence-corrected chi connectivity index (χ2v) is 8.20. The number of rotatable bonds is 6. The van der Waals surface area contributed by atoms with Gasteiger partial charge in [-0.3, -0.25) is 4.79 Å². The van der Waals surface area contributed by atoms with Crippen LogP contribution in [-0.2, 0) is 16.0 Å². The van der Waals surface area contributed by atoms with Crippen LogP contribution in [0.5, 0.6) is 5.75 Å². The minimum atomic E-state index is -0.963. The van der Waals surface area contributed by atoms with Gasteiger partial charge in [-0.15, -0.1) is 0 Å². The molecule has 2 N–H and O–H groups in total. The number of aromatic hydroxyl groups is 1. The van der Waals surface area contributed by atoms with Crippen molar-refractivity contribution in [1.82, 2.24) is 5.32 Å². The first-order chi connectivity index (χ1) is 16.4. The van der Waals surface area contributed by atoms with E-state index >= 15 is 0 Å². The van der Waals surface area contributed by atoms with Gasteiger partial charge in [-0.25, -0.2) is 9.18 Å². The van der Waals surface area contributed by atoms with Crippen LogP contribution in [0.3, 0.4) is 0 Å². The number of fused-ring (bicyclic) bond motifs is 1. The molecule has 34 heavy (non-hydrogen) atoms. The third-order valence-corrected chi connectivity index (χ3v) is 5.84. The largest absolute Gasteiger partial charge is 0.507 e. The number of carbonyl (C=O) groups excluding carboxylic acids is 2. The molecule has 5 nitrogen and oxygen atoms in total. The molecule has 0 radical (unpaired) electrons. The molecule has 0 aliphatic heterocycles. The van der Waals surface area contributed by atoms with Crippen LogP contribution in [0.1, 0.15) is 15.9 Å². The predicted octanol–water partition coefficient (Wildman–Crippen LogP) is 5.52. The van der Waals surface area contributed by atoms with Crippen molar-refractivity contribution in [3.8, 4) is 16.9 Å². The quantitative estimate of drug-likeness (QED) is 0.358. The van der Waals surface area contributed by atoms with Gasteiger partial charge in [-0.2, -0.15) is 0 Å². The highest BCUT2D eigenvalue weighted by molar-refractivity contribution is 6.31. The van der Waals surface area contributed by atoms with Crippen molar-refractivity contribution in [3.63, 3.8) is 0 Å². The van der Waals surface area contributed by atoms with Crippen LogP contribution in [0.15, 0.2) is 78.9 Å². The average molecular weight is 478 g/mol. The molecule has 0 saturated heterocycles. The lowest BCUT2D eigenvalue weighted by atomic mass is 10.00. The van der Waals surface area contributed by atoms with Crippen LogP contribution >= 0.6 is 11.6 Å². The molecule has 0 unspecified atom stereocenters. The first kappa shape index (κ1) is 23.3. The summed E-state index contributed by atoms with van der Waals surface area (Å²) in [5.41, 5.74) is 2.42. The molecule has 1 atom stereocenters. The second-order valence-electron chi connectivity index (χ2n) is 7.80. The Balaban J connectivity index is 1.53. The SMILES string of the molecule is COC(=O)[C@H](Cc1ccc(-c2ccc(F)c(Cl)c2)cc1)NC(=O)c1cc2ccccc2cc1O. The number of benzene rings is 4. The van der Waals surface area contributed by atoms with Crippen LogP contribution in [0.2, 0.25) is 5.02 Å². The predicted molar refractivity (Wildman–Crippen MR) is 129 cm³/mol. The zero-order valence-electron chi connectivity index (χ0n) is 18.2. The molecule has 7 heteroatoms. The number of hydrogen-bond donors (Lipinski definition) is 2. The van der Waals surface area contributed by atoms with Crippen LogP contribution in [0.4, 0.5) is 4.39 Å². The number of phenolic OH excluding ortho intramolecular Hbond substituents is 1. The van der Waals surface area contributed by atoms with E-state index in [1.807, 2.05) is 48.5 Å². The van der Waals surface area contributed by atoms with E-state index < -0.39 is 23.7 Å².